The van der Waals surface area contributed by atoms with Gasteiger partial charge in [-0.3, -0.25) is 4.79 Å². The molecule has 0 unspecified atom stereocenters. The van der Waals surface area contributed by atoms with Crippen LogP contribution < -0.4 is 5.32 Å². The van der Waals surface area contributed by atoms with Crippen LogP contribution in [0.3, 0.4) is 0 Å². The summed E-state index contributed by atoms with van der Waals surface area (Å²) in [6, 6.07) is 25.3. The van der Waals surface area contributed by atoms with Gasteiger partial charge < -0.3 is 24.8 Å². The molecule has 2 aliphatic heterocycles. The quantitative estimate of drug-likeness (QED) is 0.349. The van der Waals surface area contributed by atoms with Crippen molar-refractivity contribution in [2.75, 3.05) is 19.6 Å². The number of aromatic amines is 1. The summed E-state index contributed by atoms with van der Waals surface area (Å²) in [6.07, 6.45) is 2.15. The van der Waals surface area contributed by atoms with Crippen molar-refractivity contribution in [1.82, 2.24) is 20.1 Å². The fourth-order valence-corrected chi connectivity index (χ4v) is 5.85. The Kier molecular flexibility index (Phi) is 7.70. The fourth-order valence-electron chi connectivity index (χ4n) is 5.85. The number of hydrogen-bond donors (Lipinski definition) is 2. The molecule has 2 N–H and O–H groups in total. The Hall–Kier alpha value is -4.61. The lowest BCUT2D eigenvalue weighted by atomic mass is 10.00. The van der Waals surface area contributed by atoms with Crippen LogP contribution in [0.5, 0.6) is 0 Å². The smallest absolute Gasteiger partial charge is 0.410 e. The van der Waals surface area contributed by atoms with Crippen molar-refractivity contribution in [1.29, 1.82) is 5.26 Å². The Bertz CT molecular complexity index is 1580. The molecule has 1 aromatic heterocycles. The number of nitrogens with one attached hydrogen (secondary N) is 2. The van der Waals surface area contributed by atoms with Crippen LogP contribution in [0.4, 0.5) is 4.79 Å². The highest BCUT2D eigenvalue weighted by Crippen LogP contribution is 2.30. The molecular formula is C33H33N5O3. The van der Waals surface area contributed by atoms with Crippen molar-refractivity contribution in [3.8, 4) is 6.07 Å². The van der Waals surface area contributed by atoms with Gasteiger partial charge in [0.15, 0.2) is 0 Å². The van der Waals surface area contributed by atoms with Gasteiger partial charge in [-0.2, -0.15) is 5.26 Å². The summed E-state index contributed by atoms with van der Waals surface area (Å²) in [5.74, 6) is -0.00644. The number of benzene rings is 3. The summed E-state index contributed by atoms with van der Waals surface area (Å²) in [4.78, 5) is 34.2. The van der Waals surface area contributed by atoms with E-state index in [4.69, 9.17) is 4.74 Å². The standard InChI is InChI=1S/C33H33N5O3/c34-19-23-6-8-24(9-7-23)20-38(27-12-15-35-16-13-27)32(39)26-10-11-30-28(18-26)29-21-37(17-14-31(29)36-30)33(40)41-22-25-4-2-1-3-5-25/h1-11,18,27,35-36H,12-17,20-22H2. The number of nitrogens with zero attached hydrogens (tertiary/aromatic N) is 3. The second-order valence-electron chi connectivity index (χ2n) is 10.8. The van der Waals surface area contributed by atoms with Crippen LogP contribution in [0.15, 0.2) is 72.8 Å². The lowest BCUT2D eigenvalue weighted by Crippen LogP contribution is -2.45. The zero-order valence-corrected chi connectivity index (χ0v) is 22.9. The van der Waals surface area contributed by atoms with E-state index in [0.29, 0.717) is 37.2 Å². The molecular weight excluding hydrogens is 514 g/mol. The van der Waals surface area contributed by atoms with Gasteiger partial charge in [0, 0.05) is 53.3 Å². The average Bonchev–Trinajstić information content (AvgIpc) is 3.40. The van der Waals surface area contributed by atoms with E-state index >= 15 is 0 Å². The average molecular weight is 548 g/mol. The largest absolute Gasteiger partial charge is 0.445 e. The highest BCUT2D eigenvalue weighted by Gasteiger charge is 2.29. The van der Waals surface area contributed by atoms with Crippen LogP contribution >= 0.6 is 0 Å². The molecule has 3 aromatic carbocycles. The summed E-state index contributed by atoms with van der Waals surface area (Å²) in [7, 11) is 0. The molecule has 208 valence electrons. The molecule has 2 amide bonds. The number of fused-ring (bicyclic) bond motifs is 3. The fraction of sp³-hybridized carbons (Fsp3) is 0.303. The molecule has 8 nitrogen and oxygen atoms in total. The van der Waals surface area contributed by atoms with Crippen molar-refractivity contribution in [3.63, 3.8) is 0 Å². The Morgan fingerprint density at radius 2 is 1.78 bits per heavy atom. The van der Waals surface area contributed by atoms with E-state index in [1.54, 1.807) is 17.0 Å². The maximum atomic E-state index is 14.1. The number of piperidine rings is 1. The van der Waals surface area contributed by atoms with Crippen LogP contribution in [0.1, 0.15) is 51.1 Å². The van der Waals surface area contributed by atoms with E-state index in [1.807, 2.05) is 65.6 Å². The molecule has 6 rings (SSSR count). The predicted molar refractivity (Wildman–Crippen MR) is 156 cm³/mol. The molecule has 3 heterocycles. The molecule has 1 fully saturated rings. The minimum Gasteiger partial charge on any atom is -0.445 e. The number of nitriles is 1. The van der Waals surface area contributed by atoms with Gasteiger partial charge in [0.05, 0.1) is 18.2 Å². The molecule has 0 saturated carbocycles. The molecule has 0 bridgehead atoms. The first-order valence-corrected chi connectivity index (χ1v) is 14.2. The van der Waals surface area contributed by atoms with Crippen molar-refractivity contribution in [3.05, 3.63) is 106 Å². The summed E-state index contributed by atoms with van der Waals surface area (Å²) in [5.41, 5.74) is 6.30. The molecule has 0 radical (unpaired) electrons. The highest BCUT2D eigenvalue weighted by molar-refractivity contribution is 5.99. The Balaban J connectivity index is 1.23. The number of carbonyl (C=O) groups excluding carboxylic acids is 2. The topological polar surface area (TPSA) is 101 Å². The zero-order valence-electron chi connectivity index (χ0n) is 22.9. The van der Waals surface area contributed by atoms with Crippen molar-refractivity contribution in [2.45, 2.75) is 45.0 Å². The summed E-state index contributed by atoms with van der Waals surface area (Å²) >= 11 is 0. The van der Waals surface area contributed by atoms with Crippen LogP contribution in [0.2, 0.25) is 0 Å². The Labute approximate surface area is 239 Å². The highest BCUT2D eigenvalue weighted by atomic mass is 16.6. The number of carbonyl (C=O) groups is 2. The van der Waals surface area contributed by atoms with Crippen LogP contribution in [-0.4, -0.2) is 52.5 Å². The molecule has 0 aliphatic carbocycles. The Morgan fingerprint density at radius 1 is 1.00 bits per heavy atom. The number of aromatic nitrogens is 1. The first-order chi connectivity index (χ1) is 20.1. The number of rotatable bonds is 6. The summed E-state index contributed by atoms with van der Waals surface area (Å²) < 4.78 is 5.60. The van der Waals surface area contributed by atoms with E-state index in [2.05, 4.69) is 16.4 Å². The Morgan fingerprint density at radius 3 is 2.54 bits per heavy atom. The molecule has 0 atom stereocenters. The molecule has 0 spiro atoms. The van der Waals surface area contributed by atoms with Crippen molar-refractivity contribution in [2.24, 2.45) is 0 Å². The van der Waals surface area contributed by atoms with Gasteiger partial charge in [0.1, 0.15) is 6.61 Å². The van der Waals surface area contributed by atoms with Gasteiger partial charge in [0.25, 0.3) is 5.91 Å². The maximum absolute atomic E-state index is 14.1. The number of ether oxygens (including phenoxy) is 1. The van der Waals surface area contributed by atoms with Crippen molar-refractivity contribution < 1.29 is 14.3 Å². The SMILES string of the molecule is N#Cc1ccc(CN(C(=O)c2ccc3[nH]c4c(c3c2)CN(C(=O)OCc2ccccc2)CC4)C2CCNCC2)cc1. The third-order valence-corrected chi connectivity index (χ3v) is 8.13. The first-order valence-electron chi connectivity index (χ1n) is 14.2. The molecule has 4 aromatic rings. The van der Waals surface area contributed by atoms with Gasteiger partial charge in [-0.1, -0.05) is 42.5 Å². The van der Waals surface area contributed by atoms with Gasteiger partial charge in [-0.05, 0) is 67.4 Å². The van der Waals surface area contributed by atoms with Gasteiger partial charge in [0.2, 0.25) is 0 Å². The van der Waals surface area contributed by atoms with Crippen LogP contribution in [0.25, 0.3) is 10.9 Å². The number of amides is 2. The summed E-state index contributed by atoms with van der Waals surface area (Å²) in [5, 5.41) is 13.5. The minimum absolute atomic E-state index is 0.00644. The zero-order chi connectivity index (χ0) is 28.2. The van der Waals surface area contributed by atoms with E-state index in [-0.39, 0.29) is 24.6 Å². The normalized spacial score (nSPS) is 15.2. The van der Waals surface area contributed by atoms with E-state index < -0.39 is 0 Å². The first kappa shape index (κ1) is 26.6. The molecule has 41 heavy (non-hydrogen) atoms. The second-order valence-corrected chi connectivity index (χ2v) is 10.8. The molecule has 1 saturated heterocycles. The lowest BCUT2D eigenvalue weighted by Gasteiger charge is -2.35. The maximum Gasteiger partial charge on any atom is 0.410 e. The molecule has 8 heteroatoms. The number of hydrogen-bond acceptors (Lipinski definition) is 5. The van der Waals surface area contributed by atoms with Gasteiger partial charge in [-0.25, -0.2) is 4.79 Å². The van der Waals surface area contributed by atoms with Crippen LogP contribution in [-0.2, 0) is 30.9 Å². The molecule has 2 aliphatic rings. The number of H-pyrrole nitrogens is 1. The van der Waals surface area contributed by atoms with Gasteiger partial charge >= 0.3 is 6.09 Å². The minimum atomic E-state index is -0.333. The van der Waals surface area contributed by atoms with Crippen molar-refractivity contribution >= 4 is 22.9 Å². The second kappa shape index (κ2) is 11.9. The van der Waals surface area contributed by atoms with E-state index in [0.717, 1.165) is 59.2 Å². The predicted octanol–water partition coefficient (Wildman–Crippen LogP) is 5.13. The van der Waals surface area contributed by atoms with E-state index in [1.165, 1.54) is 0 Å². The summed E-state index contributed by atoms with van der Waals surface area (Å²) in [6.45, 7) is 3.49. The van der Waals surface area contributed by atoms with Gasteiger partial charge in [-0.15, -0.1) is 0 Å². The van der Waals surface area contributed by atoms with E-state index in [9.17, 15) is 14.9 Å². The third kappa shape index (κ3) is 5.81. The van der Waals surface area contributed by atoms with Crippen LogP contribution in [0, 0.1) is 11.3 Å². The lowest BCUT2D eigenvalue weighted by molar-refractivity contribution is 0.0623. The third-order valence-electron chi connectivity index (χ3n) is 8.13. The monoisotopic (exact) mass is 547 g/mol.